The van der Waals surface area contributed by atoms with E-state index in [2.05, 4.69) is 115 Å². The van der Waals surface area contributed by atoms with E-state index in [0.717, 1.165) is 0 Å². The van der Waals surface area contributed by atoms with E-state index in [1.54, 1.807) is 0 Å². The molecule has 0 spiro atoms. The van der Waals surface area contributed by atoms with Crippen LogP contribution in [-0.4, -0.2) is 3.71 Å². The van der Waals surface area contributed by atoms with Crippen LogP contribution in [0.5, 0.6) is 0 Å². The summed E-state index contributed by atoms with van der Waals surface area (Å²) in [6.07, 6.45) is 0. The summed E-state index contributed by atoms with van der Waals surface area (Å²) in [4.78, 5) is 0. The molecule has 0 nitrogen and oxygen atoms in total. The predicted octanol–water partition coefficient (Wildman–Crippen LogP) is 1.13. The molecule has 0 atom stereocenters. The van der Waals surface area contributed by atoms with Crippen molar-refractivity contribution >= 4 is 25.3 Å². The van der Waals surface area contributed by atoms with Gasteiger partial charge in [0.2, 0.25) is 0 Å². The third-order valence-electron chi connectivity index (χ3n) is 4.55. The molecule has 0 saturated heterocycles. The first-order valence-electron chi connectivity index (χ1n) is 9.46. The molecule has 0 fully saturated rings. The van der Waals surface area contributed by atoms with E-state index in [-0.39, 0.29) is 24.8 Å². The maximum Gasteiger partial charge on any atom is -0.0771 e. The summed E-state index contributed by atoms with van der Waals surface area (Å²) in [5.74, 6) is 0. The van der Waals surface area contributed by atoms with Crippen molar-refractivity contribution in [3.63, 3.8) is 0 Å². The summed E-state index contributed by atoms with van der Waals surface area (Å²) in [7, 11) is 0. The molecule has 0 amide bonds. The van der Waals surface area contributed by atoms with Crippen LogP contribution in [0.2, 0.25) is 0 Å². The zero-order valence-corrected chi connectivity index (χ0v) is 21.1. The fourth-order valence-electron chi connectivity index (χ4n) is 3.17. The first-order valence-corrected chi connectivity index (χ1v) is 10.9. The van der Waals surface area contributed by atoms with E-state index in [1.165, 1.54) is 62.5 Å². The Morgan fingerprint density at radius 2 is 1.23 bits per heavy atom. The molecule has 0 N–H and O–H groups in total. The number of aryl methyl sites for hydroxylation is 2. The second-order valence-corrected chi connectivity index (χ2v) is 7.55. The van der Waals surface area contributed by atoms with Gasteiger partial charge in [-0.2, -0.15) is 17.7 Å². The first kappa shape index (κ1) is 26.2. The van der Waals surface area contributed by atoms with Gasteiger partial charge < -0.3 is 24.8 Å². The van der Waals surface area contributed by atoms with E-state index in [1.807, 2.05) is 6.07 Å². The normalized spacial score (nSPS) is 9.33. The van der Waals surface area contributed by atoms with Crippen molar-refractivity contribution in [2.75, 3.05) is 0 Å². The van der Waals surface area contributed by atoms with Crippen molar-refractivity contribution in [3.05, 3.63) is 120 Å². The van der Waals surface area contributed by atoms with Crippen molar-refractivity contribution in [2.24, 2.45) is 0 Å². The Bertz CT molecular complexity index is 1090. The van der Waals surface area contributed by atoms with Crippen LogP contribution in [0.1, 0.15) is 16.7 Å². The Morgan fingerprint density at radius 3 is 1.60 bits per heavy atom. The third-order valence-corrected chi connectivity index (χ3v) is 5.37. The van der Waals surface area contributed by atoms with Crippen molar-refractivity contribution in [2.45, 2.75) is 13.8 Å². The van der Waals surface area contributed by atoms with Crippen LogP contribution in [0.4, 0.5) is 0 Å². The molecular weight excluding hydrogens is 486 g/mol. The largest absolute Gasteiger partial charge is 0.126 e. The zero-order valence-electron chi connectivity index (χ0n) is 17.1. The van der Waals surface area contributed by atoms with Gasteiger partial charge in [-0.3, -0.25) is 0 Å². The summed E-state index contributed by atoms with van der Waals surface area (Å²) >= 11 is 1.46. The van der Waals surface area contributed by atoms with Crippen LogP contribution in [-0.2, 0) is 24.2 Å². The van der Waals surface area contributed by atoms with Crippen LogP contribution < -0.4 is 24.8 Å². The fourth-order valence-corrected chi connectivity index (χ4v) is 3.64. The van der Waals surface area contributed by atoms with Crippen LogP contribution >= 0.6 is 0 Å². The first-order chi connectivity index (χ1) is 13.7. The van der Waals surface area contributed by atoms with E-state index < -0.39 is 0 Å². The van der Waals surface area contributed by atoms with E-state index >= 15 is 0 Å². The third kappa shape index (κ3) is 7.48. The van der Waals surface area contributed by atoms with Gasteiger partial charge in [-0.05, 0) is 0 Å². The number of halogens is 2. The fraction of sp³-hybridized carbons (Fsp3) is 0.0741. The van der Waals surface area contributed by atoms with Crippen LogP contribution in [0.25, 0.3) is 21.5 Å². The summed E-state index contributed by atoms with van der Waals surface area (Å²) in [5.41, 5.74) is 4.04. The Hall–Kier alpha value is -1.79. The molecule has 0 unspecified atom stereocenters. The van der Waals surface area contributed by atoms with Crippen molar-refractivity contribution in [1.29, 1.82) is 0 Å². The SMILES string of the molecule is Cc1cc[c-](C)c1.[Cl-].[Cl-].[Zr+2]=[CH]c1ccccc1.c1ccc2c(c1)[cH-]c1ccccc12. The van der Waals surface area contributed by atoms with E-state index in [0.29, 0.717) is 0 Å². The minimum atomic E-state index is 0. The molecule has 3 heteroatoms. The maximum atomic E-state index is 2.24. The molecule has 0 aromatic heterocycles. The summed E-state index contributed by atoms with van der Waals surface area (Å²) < 4.78 is 2.17. The summed E-state index contributed by atoms with van der Waals surface area (Å²) in [6, 6.07) is 36.0. The maximum absolute atomic E-state index is 2.24. The van der Waals surface area contributed by atoms with Gasteiger partial charge in [-0.1, -0.05) is 50.2 Å². The Kier molecular flexibility index (Phi) is 11.8. The quantitative estimate of drug-likeness (QED) is 0.297. The van der Waals surface area contributed by atoms with Gasteiger partial charge >= 0.3 is 63.8 Å². The van der Waals surface area contributed by atoms with Crippen LogP contribution in [0.15, 0.2) is 103 Å². The standard InChI is InChI=1S/C13H9.C7H9.C7H6.2ClH.Zr/c1-3-7-12-10(5-1)9-11-6-2-4-8-13(11)12;1-6-3-4-7(2)5-6;1-7-5-3-2-4-6-7;;;/h1-9H;3-5H,1-2H3;1-6H;2*1H;/q2*-1;;;;+2/p-2. The molecule has 5 aromatic rings. The smallest absolute Gasteiger partial charge is 0.0771 e. The molecule has 5 aromatic carbocycles. The Balaban J connectivity index is 0.000000233. The van der Waals surface area contributed by atoms with Gasteiger partial charge in [-0.25, -0.2) is 11.6 Å². The molecule has 0 aliphatic rings. The monoisotopic (exact) mass is 508 g/mol. The molecule has 30 heavy (non-hydrogen) atoms. The molecule has 5 rings (SSSR count). The zero-order chi connectivity index (χ0) is 19.8. The molecule has 0 aliphatic heterocycles. The number of hydrogen-bond acceptors (Lipinski definition) is 0. The Labute approximate surface area is 206 Å². The minimum Gasteiger partial charge on any atom is -0.126 e. The summed E-state index contributed by atoms with van der Waals surface area (Å²) in [5, 5.41) is 5.39. The van der Waals surface area contributed by atoms with Crippen LogP contribution in [0, 0.1) is 13.8 Å². The topological polar surface area (TPSA) is 0 Å². The van der Waals surface area contributed by atoms with Gasteiger partial charge in [0, 0.05) is 0 Å². The van der Waals surface area contributed by atoms with E-state index in [4.69, 9.17) is 0 Å². The second-order valence-electron chi connectivity index (χ2n) is 6.84. The molecule has 0 aliphatic carbocycles. The van der Waals surface area contributed by atoms with Crippen molar-refractivity contribution in [1.82, 2.24) is 0 Å². The van der Waals surface area contributed by atoms with Gasteiger partial charge in [-0.15, -0.1) is 39.7 Å². The molecule has 0 saturated carbocycles. The number of fused-ring (bicyclic) bond motifs is 3. The van der Waals surface area contributed by atoms with Gasteiger partial charge in [0.25, 0.3) is 0 Å². The average Bonchev–Trinajstić information content (AvgIpc) is 3.31. The predicted molar refractivity (Wildman–Crippen MR) is 120 cm³/mol. The molecular formula is C27H24Cl2Zr-2. The van der Waals surface area contributed by atoms with E-state index in [9.17, 15) is 0 Å². The minimum absolute atomic E-state index is 0. The number of rotatable bonds is 1. The molecule has 0 bridgehead atoms. The van der Waals surface area contributed by atoms with Crippen molar-refractivity contribution in [3.8, 4) is 0 Å². The molecule has 0 heterocycles. The van der Waals surface area contributed by atoms with Gasteiger partial charge in [0.15, 0.2) is 0 Å². The average molecular weight is 511 g/mol. The van der Waals surface area contributed by atoms with Crippen molar-refractivity contribution < 1.29 is 49.0 Å². The molecule has 0 radical (unpaired) electrons. The Morgan fingerprint density at radius 1 is 0.733 bits per heavy atom. The van der Waals surface area contributed by atoms with Gasteiger partial charge in [0.1, 0.15) is 0 Å². The van der Waals surface area contributed by atoms with Gasteiger partial charge in [0.05, 0.1) is 0 Å². The number of hydrogen-bond donors (Lipinski definition) is 0. The second kappa shape index (κ2) is 13.5. The molecule has 152 valence electrons. The summed E-state index contributed by atoms with van der Waals surface area (Å²) in [6.45, 7) is 4.21. The number of benzene rings is 3. The van der Waals surface area contributed by atoms with Crippen LogP contribution in [0.3, 0.4) is 0 Å².